The fourth-order valence-electron chi connectivity index (χ4n) is 3.43. The molecule has 2 amide bonds. The number of amides is 2. The molecule has 0 aliphatic carbocycles. The van der Waals surface area contributed by atoms with Gasteiger partial charge < -0.3 is 19.7 Å². The minimum absolute atomic E-state index is 0.171. The van der Waals surface area contributed by atoms with E-state index in [0.29, 0.717) is 58.0 Å². The minimum Gasteiger partial charge on any atom is -0.453 e. The van der Waals surface area contributed by atoms with Gasteiger partial charge in [-0.3, -0.25) is 9.69 Å². The van der Waals surface area contributed by atoms with Crippen molar-refractivity contribution in [1.82, 2.24) is 19.4 Å². The molecular weight excluding hydrogens is 412 g/mol. The van der Waals surface area contributed by atoms with Gasteiger partial charge >= 0.3 is 6.09 Å². The zero-order valence-electron chi connectivity index (χ0n) is 17.1. The molecule has 0 spiro atoms. The summed E-state index contributed by atoms with van der Waals surface area (Å²) in [5.41, 5.74) is 0.409. The van der Waals surface area contributed by atoms with Crippen LogP contribution in [0, 0.1) is 0 Å². The summed E-state index contributed by atoms with van der Waals surface area (Å²) in [6.45, 7) is 5.21. The van der Waals surface area contributed by atoms with Crippen LogP contribution < -0.4 is 5.32 Å². The fourth-order valence-corrected chi connectivity index (χ4v) is 4.84. The number of hydrogen-bond donors (Lipinski definition) is 1. The van der Waals surface area contributed by atoms with E-state index in [9.17, 15) is 18.0 Å². The van der Waals surface area contributed by atoms with E-state index in [4.69, 9.17) is 9.47 Å². The van der Waals surface area contributed by atoms with Crippen molar-refractivity contribution in [1.29, 1.82) is 0 Å². The van der Waals surface area contributed by atoms with Crippen molar-refractivity contribution in [2.75, 3.05) is 72.7 Å². The number of nitrogens with zero attached hydrogens (tertiary/aromatic N) is 3. The van der Waals surface area contributed by atoms with Gasteiger partial charge in [0.2, 0.25) is 10.0 Å². The summed E-state index contributed by atoms with van der Waals surface area (Å²) in [4.78, 5) is 27.8. The molecular formula is C19H28N4O6S. The number of rotatable bonds is 6. The molecule has 30 heavy (non-hydrogen) atoms. The van der Waals surface area contributed by atoms with Gasteiger partial charge in [0.15, 0.2) is 0 Å². The summed E-state index contributed by atoms with van der Waals surface area (Å²) in [5.74, 6) is -0.251. The Balaban J connectivity index is 1.45. The maximum Gasteiger partial charge on any atom is 0.409 e. The second-order valence-electron chi connectivity index (χ2n) is 7.10. The number of methoxy groups -OCH3 is 1. The number of nitrogens with one attached hydrogen (secondary N) is 1. The molecule has 2 aliphatic heterocycles. The van der Waals surface area contributed by atoms with Crippen molar-refractivity contribution >= 4 is 22.0 Å². The first-order valence-electron chi connectivity index (χ1n) is 9.93. The van der Waals surface area contributed by atoms with Crippen LogP contribution in [-0.2, 0) is 19.5 Å². The molecule has 0 radical (unpaired) electrons. The summed E-state index contributed by atoms with van der Waals surface area (Å²) in [6, 6.07) is 5.98. The van der Waals surface area contributed by atoms with E-state index in [-0.39, 0.29) is 16.9 Å². The Kier molecular flexibility index (Phi) is 7.64. The van der Waals surface area contributed by atoms with Crippen LogP contribution in [0.2, 0.25) is 0 Å². The average molecular weight is 441 g/mol. The second-order valence-corrected chi connectivity index (χ2v) is 9.03. The Hall–Kier alpha value is -2.21. The van der Waals surface area contributed by atoms with Crippen molar-refractivity contribution < 1.29 is 27.5 Å². The zero-order valence-corrected chi connectivity index (χ0v) is 17.9. The number of benzene rings is 1. The normalized spacial score (nSPS) is 18.8. The first-order valence-corrected chi connectivity index (χ1v) is 11.4. The van der Waals surface area contributed by atoms with Crippen LogP contribution in [0.15, 0.2) is 29.2 Å². The monoisotopic (exact) mass is 440 g/mol. The Morgan fingerprint density at radius 1 is 1.03 bits per heavy atom. The molecule has 2 fully saturated rings. The number of carbonyl (C=O) groups excluding carboxylic acids is 2. The van der Waals surface area contributed by atoms with E-state index in [0.717, 1.165) is 13.1 Å². The van der Waals surface area contributed by atoms with Gasteiger partial charge in [-0.05, 0) is 24.3 Å². The maximum absolute atomic E-state index is 12.6. The summed E-state index contributed by atoms with van der Waals surface area (Å²) in [7, 11) is -2.20. The SMILES string of the molecule is COC(=O)N1CCN(CCNC(=O)c2ccc(S(=O)(=O)N3CCOCC3)cc2)CC1. The lowest BCUT2D eigenvalue weighted by atomic mass is 10.2. The molecule has 2 saturated heterocycles. The Labute approximate surface area is 176 Å². The molecule has 3 rings (SSSR count). The van der Waals surface area contributed by atoms with Crippen LogP contribution in [0.25, 0.3) is 0 Å². The largest absolute Gasteiger partial charge is 0.453 e. The lowest BCUT2D eigenvalue weighted by Crippen LogP contribution is -2.50. The van der Waals surface area contributed by atoms with Gasteiger partial charge in [-0.1, -0.05) is 0 Å². The summed E-state index contributed by atoms with van der Waals surface area (Å²) < 4.78 is 36.6. The van der Waals surface area contributed by atoms with Gasteiger partial charge in [0.1, 0.15) is 0 Å². The topological polar surface area (TPSA) is 108 Å². The van der Waals surface area contributed by atoms with Gasteiger partial charge in [0.05, 0.1) is 25.2 Å². The van der Waals surface area contributed by atoms with Crippen molar-refractivity contribution in [3.05, 3.63) is 29.8 Å². The van der Waals surface area contributed by atoms with E-state index in [1.165, 1.54) is 35.7 Å². The predicted molar refractivity (Wildman–Crippen MR) is 109 cm³/mol. The third kappa shape index (κ3) is 5.48. The highest BCUT2D eigenvalue weighted by Gasteiger charge is 2.26. The van der Waals surface area contributed by atoms with Gasteiger partial charge in [0, 0.05) is 57.9 Å². The third-order valence-corrected chi connectivity index (χ3v) is 7.16. The summed E-state index contributed by atoms with van der Waals surface area (Å²) in [5, 5.41) is 2.85. The minimum atomic E-state index is -3.57. The van der Waals surface area contributed by atoms with E-state index in [2.05, 4.69) is 10.2 Å². The first kappa shape index (κ1) is 22.5. The Morgan fingerprint density at radius 2 is 1.67 bits per heavy atom. The molecule has 166 valence electrons. The molecule has 1 N–H and O–H groups in total. The summed E-state index contributed by atoms with van der Waals surface area (Å²) >= 11 is 0. The van der Waals surface area contributed by atoms with Crippen molar-refractivity contribution in [3.63, 3.8) is 0 Å². The highest BCUT2D eigenvalue weighted by molar-refractivity contribution is 7.89. The number of morpholine rings is 1. The van der Waals surface area contributed by atoms with Crippen LogP contribution >= 0.6 is 0 Å². The molecule has 10 nitrogen and oxygen atoms in total. The molecule has 2 aliphatic rings. The molecule has 11 heteroatoms. The van der Waals surface area contributed by atoms with Crippen molar-refractivity contribution in [2.24, 2.45) is 0 Å². The van der Waals surface area contributed by atoms with Crippen molar-refractivity contribution in [3.8, 4) is 0 Å². The number of hydrogen-bond acceptors (Lipinski definition) is 7. The molecule has 1 aromatic rings. The standard InChI is InChI=1S/C19H28N4O6S/c1-28-19(25)22-10-8-21(9-11-22)7-6-20-18(24)16-2-4-17(5-3-16)30(26,27)23-12-14-29-15-13-23/h2-5H,6-15H2,1H3,(H,20,24). The zero-order chi connectivity index (χ0) is 21.6. The van der Waals surface area contributed by atoms with Crippen LogP contribution in [0.5, 0.6) is 0 Å². The van der Waals surface area contributed by atoms with E-state index >= 15 is 0 Å². The third-order valence-electron chi connectivity index (χ3n) is 5.24. The van der Waals surface area contributed by atoms with Crippen LogP contribution in [0.3, 0.4) is 0 Å². The van der Waals surface area contributed by atoms with E-state index in [1.54, 1.807) is 4.90 Å². The van der Waals surface area contributed by atoms with Gasteiger partial charge in [-0.2, -0.15) is 4.31 Å². The van der Waals surface area contributed by atoms with Gasteiger partial charge in [-0.15, -0.1) is 0 Å². The Bertz CT molecular complexity index is 831. The molecule has 2 heterocycles. The highest BCUT2D eigenvalue weighted by atomic mass is 32.2. The Morgan fingerprint density at radius 3 is 2.27 bits per heavy atom. The summed E-state index contributed by atoms with van der Waals surface area (Å²) in [6.07, 6.45) is -0.318. The number of piperazine rings is 1. The van der Waals surface area contributed by atoms with Crippen LogP contribution in [0.4, 0.5) is 4.79 Å². The second kappa shape index (κ2) is 10.2. The highest BCUT2D eigenvalue weighted by Crippen LogP contribution is 2.17. The van der Waals surface area contributed by atoms with Gasteiger partial charge in [0.25, 0.3) is 5.91 Å². The molecule has 0 bridgehead atoms. The predicted octanol–water partition coefficient (Wildman–Crippen LogP) is -0.179. The van der Waals surface area contributed by atoms with Crippen LogP contribution in [-0.4, -0.2) is 107 Å². The quantitative estimate of drug-likeness (QED) is 0.654. The maximum atomic E-state index is 12.6. The molecule has 0 aromatic heterocycles. The molecule has 0 unspecified atom stereocenters. The average Bonchev–Trinajstić information content (AvgIpc) is 2.79. The van der Waals surface area contributed by atoms with Gasteiger partial charge in [-0.25, -0.2) is 13.2 Å². The number of carbonyl (C=O) groups is 2. The smallest absolute Gasteiger partial charge is 0.409 e. The number of ether oxygens (including phenoxy) is 2. The lowest BCUT2D eigenvalue weighted by Gasteiger charge is -2.33. The van der Waals surface area contributed by atoms with E-state index in [1.807, 2.05) is 0 Å². The fraction of sp³-hybridized carbons (Fsp3) is 0.579. The van der Waals surface area contributed by atoms with Crippen molar-refractivity contribution in [2.45, 2.75) is 4.90 Å². The lowest BCUT2D eigenvalue weighted by molar-refractivity contribution is 0.0730. The molecule has 0 atom stereocenters. The van der Waals surface area contributed by atoms with E-state index < -0.39 is 10.0 Å². The van der Waals surface area contributed by atoms with Crippen LogP contribution in [0.1, 0.15) is 10.4 Å². The molecule has 0 saturated carbocycles. The number of sulfonamides is 1. The molecule has 1 aromatic carbocycles. The first-order chi connectivity index (χ1) is 14.4.